The Morgan fingerprint density at radius 1 is 1.47 bits per heavy atom. The second kappa shape index (κ2) is 5.29. The fourth-order valence-electron chi connectivity index (χ4n) is 2.20. The van der Waals surface area contributed by atoms with Crippen molar-refractivity contribution in [3.05, 3.63) is 35.1 Å². The van der Waals surface area contributed by atoms with Gasteiger partial charge in [0.15, 0.2) is 0 Å². The average Bonchev–Trinajstić information content (AvgIpc) is 2.23. The normalized spacial score (nSPS) is 17.2. The van der Waals surface area contributed by atoms with E-state index in [1.54, 1.807) is 6.07 Å². The minimum atomic E-state index is -0.336. The van der Waals surface area contributed by atoms with Crippen LogP contribution in [0.4, 0.5) is 4.39 Å². The van der Waals surface area contributed by atoms with E-state index >= 15 is 0 Å². The molecule has 0 amide bonds. The Balaban J connectivity index is 1.94. The molecule has 2 rings (SSSR count). The van der Waals surface area contributed by atoms with Gasteiger partial charge in [0.05, 0.1) is 11.6 Å². The molecule has 1 unspecified atom stereocenters. The fraction of sp³-hybridized carbons (Fsp3) is 0.500. The molecule has 2 nitrogen and oxygen atoms in total. The summed E-state index contributed by atoms with van der Waals surface area (Å²) < 4.78 is 13.2. The summed E-state index contributed by atoms with van der Waals surface area (Å²) >= 11 is 0. The zero-order valence-electron chi connectivity index (χ0n) is 10.0. The summed E-state index contributed by atoms with van der Waals surface area (Å²) in [5, 5.41) is 12.2. The second-order valence-electron chi connectivity index (χ2n) is 4.82. The monoisotopic (exact) mass is 232 g/mol. The van der Waals surface area contributed by atoms with Gasteiger partial charge in [-0.1, -0.05) is 6.42 Å². The maximum atomic E-state index is 13.2. The van der Waals surface area contributed by atoms with Gasteiger partial charge in [0.1, 0.15) is 5.82 Å². The molecule has 1 aromatic rings. The predicted octanol–water partition coefficient (Wildman–Crippen LogP) is 2.98. The number of hydrogen-bond acceptors (Lipinski definition) is 2. The Labute approximate surface area is 101 Å². The third-order valence-corrected chi connectivity index (χ3v) is 3.57. The second-order valence-corrected chi connectivity index (χ2v) is 4.82. The summed E-state index contributed by atoms with van der Waals surface area (Å²) in [6.45, 7) is 2.80. The predicted molar refractivity (Wildman–Crippen MR) is 64.8 cm³/mol. The maximum Gasteiger partial charge on any atom is 0.124 e. The van der Waals surface area contributed by atoms with Crippen LogP contribution in [0, 0.1) is 23.1 Å². The lowest BCUT2D eigenvalue weighted by Crippen LogP contribution is -2.36. The lowest BCUT2D eigenvalue weighted by Gasteiger charge is -2.32. The van der Waals surface area contributed by atoms with Crippen molar-refractivity contribution in [2.45, 2.75) is 38.8 Å². The number of nitrogens with zero attached hydrogens (tertiary/aromatic N) is 1. The third-order valence-electron chi connectivity index (χ3n) is 3.57. The number of halogens is 1. The van der Waals surface area contributed by atoms with Crippen molar-refractivity contribution in [3.63, 3.8) is 0 Å². The summed E-state index contributed by atoms with van der Waals surface area (Å²) in [5.41, 5.74) is 1.23. The largest absolute Gasteiger partial charge is 0.310 e. The lowest BCUT2D eigenvalue weighted by molar-refractivity contribution is 0.240. The molecule has 0 aromatic heterocycles. The molecule has 1 aliphatic carbocycles. The Kier molecular flexibility index (Phi) is 3.75. The first-order chi connectivity index (χ1) is 8.19. The number of nitrogens with one attached hydrogen (secondary N) is 1. The van der Waals surface area contributed by atoms with Gasteiger partial charge in [0.25, 0.3) is 0 Å². The van der Waals surface area contributed by atoms with Crippen LogP contribution >= 0.6 is 0 Å². The molecule has 1 atom stereocenters. The van der Waals surface area contributed by atoms with Crippen molar-refractivity contribution in [2.24, 2.45) is 5.92 Å². The first-order valence-electron chi connectivity index (χ1n) is 6.12. The molecule has 1 aliphatic rings. The molecular weight excluding hydrogens is 215 g/mol. The van der Waals surface area contributed by atoms with E-state index < -0.39 is 0 Å². The molecule has 0 bridgehead atoms. The highest BCUT2D eigenvalue weighted by molar-refractivity contribution is 5.33. The van der Waals surface area contributed by atoms with Crippen LogP contribution in [0.15, 0.2) is 18.2 Å². The Hall–Kier alpha value is -1.40. The highest BCUT2D eigenvalue weighted by Gasteiger charge is 2.23. The van der Waals surface area contributed by atoms with Crippen LogP contribution in [0.25, 0.3) is 0 Å². The molecular formula is C14H17FN2. The Morgan fingerprint density at radius 3 is 2.82 bits per heavy atom. The standard InChI is InChI=1S/C14H17FN2/c1-10(13-3-2-4-13)17-9-12-5-11(8-16)6-14(15)7-12/h5-7,10,13,17H,2-4,9H2,1H3. The van der Waals surface area contributed by atoms with Crippen molar-refractivity contribution in [2.75, 3.05) is 0 Å². The SMILES string of the molecule is CC(NCc1cc(F)cc(C#N)c1)C1CCC1. The molecule has 0 spiro atoms. The van der Waals surface area contributed by atoms with Crippen molar-refractivity contribution in [1.82, 2.24) is 5.32 Å². The molecule has 3 heteroatoms. The van der Waals surface area contributed by atoms with Crippen LogP contribution in [-0.4, -0.2) is 6.04 Å². The molecule has 0 radical (unpaired) electrons. The minimum absolute atomic E-state index is 0.336. The molecule has 0 heterocycles. The summed E-state index contributed by atoms with van der Waals surface area (Å²) in [6.07, 6.45) is 3.91. The molecule has 17 heavy (non-hydrogen) atoms. The smallest absolute Gasteiger partial charge is 0.124 e. The summed E-state index contributed by atoms with van der Waals surface area (Å²) in [4.78, 5) is 0. The van der Waals surface area contributed by atoms with Gasteiger partial charge in [-0.25, -0.2) is 4.39 Å². The van der Waals surface area contributed by atoms with Crippen LogP contribution in [-0.2, 0) is 6.54 Å². The van der Waals surface area contributed by atoms with Crippen LogP contribution in [0.2, 0.25) is 0 Å². The number of hydrogen-bond donors (Lipinski definition) is 1. The Morgan fingerprint density at radius 2 is 2.24 bits per heavy atom. The van der Waals surface area contributed by atoms with Crippen LogP contribution in [0.1, 0.15) is 37.3 Å². The van der Waals surface area contributed by atoms with E-state index in [4.69, 9.17) is 5.26 Å². The first-order valence-corrected chi connectivity index (χ1v) is 6.12. The lowest BCUT2D eigenvalue weighted by atomic mass is 9.80. The average molecular weight is 232 g/mol. The number of benzene rings is 1. The van der Waals surface area contributed by atoms with E-state index in [9.17, 15) is 4.39 Å². The number of nitriles is 1. The van der Waals surface area contributed by atoms with Gasteiger partial charge in [-0.05, 0) is 49.4 Å². The zero-order chi connectivity index (χ0) is 12.3. The maximum absolute atomic E-state index is 13.2. The molecule has 0 saturated heterocycles. The van der Waals surface area contributed by atoms with E-state index in [-0.39, 0.29) is 5.82 Å². The molecule has 1 N–H and O–H groups in total. The van der Waals surface area contributed by atoms with Gasteiger partial charge in [-0.15, -0.1) is 0 Å². The third kappa shape index (κ3) is 3.04. The van der Waals surface area contributed by atoms with Gasteiger partial charge in [0.2, 0.25) is 0 Å². The van der Waals surface area contributed by atoms with E-state index in [1.165, 1.54) is 31.4 Å². The molecule has 1 aromatic carbocycles. The number of rotatable bonds is 4. The molecule has 1 saturated carbocycles. The highest BCUT2D eigenvalue weighted by Crippen LogP contribution is 2.29. The summed E-state index contributed by atoms with van der Waals surface area (Å²) in [6, 6.07) is 6.93. The summed E-state index contributed by atoms with van der Waals surface area (Å²) in [7, 11) is 0. The van der Waals surface area contributed by atoms with Crippen LogP contribution in [0.5, 0.6) is 0 Å². The fourth-order valence-corrected chi connectivity index (χ4v) is 2.20. The van der Waals surface area contributed by atoms with Gasteiger partial charge >= 0.3 is 0 Å². The van der Waals surface area contributed by atoms with Gasteiger partial charge in [0, 0.05) is 12.6 Å². The van der Waals surface area contributed by atoms with E-state index in [0.717, 1.165) is 11.5 Å². The quantitative estimate of drug-likeness (QED) is 0.866. The minimum Gasteiger partial charge on any atom is -0.310 e. The molecule has 0 aliphatic heterocycles. The van der Waals surface area contributed by atoms with Crippen molar-refractivity contribution in [1.29, 1.82) is 5.26 Å². The van der Waals surface area contributed by atoms with Gasteiger partial charge < -0.3 is 5.32 Å². The van der Waals surface area contributed by atoms with Crippen LogP contribution < -0.4 is 5.32 Å². The van der Waals surface area contributed by atoms with E-state index in [1.807, 2.05) is 6.07 Å². The molecule has 1 fully saturated rings. The van der Waals surface area contributed by atoms with Crippen LogP contribution in [0.3, 0.4) is 0 Å². The van der Waals surface area contributed by atoms with Crippen molar-refractivity contribution < 1.29 is 4.39 Å². The van der Waals surface area contributed by atoms with Gasteiger partial charge in [-0.2, -0.15) is 5.26 Å². The first kappa shape index (κ1) is 12.1. The van der Waals surface area contributed by atoms with Crippen molar-refractivity contribution >= 4 is 0 Å². The van der Waals surface area contributed by atoms with Gasteiger partial charge in [-0.3, -0.25) is 0 Å². The molecule has 90 valence electrons. The Bertz CT molecular complexity index is 432. The topological polar surface area (TPSA) is 35.8 Å². The van der Waals surface area contributed by atoms with E-state index in [2.05, 4.69) is 12.2 Å². The highest BCUT2D eigenvalue weighted by atomic mass is 19.1. The zero-order valence-corrected chi connectivity index (χ0v) is 10.0. The van der Waals surface area contributed by atoms with E-state index in [0.29, 0.717) is 18.2 Å². The summed E-state index contributed by atoms with van der Waals surface area (Å²) in [5.74, 6) is 0.427. The van der Waals surface area contributed by atoms with Crippen molar-refractivity contribution in [3.8, 4) is 6.07 Å².